The topological polar surface area (TPSA) is 49.4 Å². The van der Waals surface area contributed by atoms with Crippen LogP contribution in [0.25, 0.3) is 0 Å². The maximum Gasteiger partial charge on any atom is 0.269 e. The molecule has 4 nitrogen and oxygen atoms in total. The average Bonchev–Trinajstić information content (AvgIpc) is 3.10. The highest BCUT2D eigenvalue weighted by molar-refractivity contribution is 8.00. The standard InChI is InChI=1S/C14H11ClN2O2S2/c15-10-5-3-9(4-6-10)13(19)16-17-12(18)8-21-14(17)11-2-1-7-20-11/h1-7,14H,8H2,(H,16,19). The molecule has 0 saturated carbocycles. The maximum atomic E-state index is 12.2. The maximum absolute atomic E-state index is 12.2. The minimum absolute atomic E-state index is 0.0966. The number of nitrogens with zero attached hydrogens (tertiary/aromatic N) is 1. The number of hydrogen-bond acceptors (Lipinski definition) is 4. The Hall–Kier alpha value is -1.50. The van der Waals surface area contributed by atoms with E-state index in [1.807, 2.05) is 17.5 Å². The molecule has 1 aromatic carbocycles. The molecule has 7 heteroatoms. The highest BCUT2D eigenvalue weighted by Gasteiger charge is 2.35. The lowest BCUT2D eigenvalue weighted by atomic mass is 10.2. The second-order valence-corrected chi connectivity index (χ2v) is 6.87. The number of benzene rings is 1. The molecule has 0 spiro atoms. The lowest BCUT2D eigenvalue weighted by molar-refractivity contribution is -0.130. The molecule has 1 aliphatic heterocycles. The summed E-state index contributed by atoms with van der Waals surface area (Å²) < 4.78 is 0. The Morgan fingerprint density at radius 3 is 2.71 bits per heavy atom. The van der Waals surface area contributed by atoms with Crippen LogP contribution in [-0.2, 0) is 4.79 Å². The molecule has 1 atom stereocenters. The van der Waals surface area contributed by atoms with Gasteiger partial charge in [-0.3, -0.25) is 15.0 Å². The SMILES string of the molecule is O=C(NN1C(=O)CSC1c1cccs1)c1ccc(Cl)cc1. The molecule has 2 amide bonds. The van der Waals surface area contributed by atoms with Gasteiger partial charge in [0, 0.05) is 15.5 Å². The molecule has 1 aromatic heterocycles. The summed E-state index contributed by atoms with van der Waals surface area (Å²) in [7, 11) is 0. The number of carbonyl (C=O) groups excluding carboxylic acids is 2. The number of nitrogens with one attached hydrogen (secondary N) is 1. The lowest BCUT2D eigenvalue weighted by Crippen LogP contribution is -2.44. The van der Waals surface area contributed by atoms with Crippen LogP contribution in [0.5, 0.6) is 0 Å². The van der Waals surface area contributed by atoms with Gasteiger partial charge in [-0.15, -0.1) is 23.1 Å². The summed E-state index contributed by atoms with van der Waals surface area (Å²) in [4.78, 5) is 25.2. The highest BCUT2D eigenvalue weighted by Crippen LogP contribution is 2.39. The van der Waals surface area contributed by atoms with Gasteiger partial charge in [0.2, 0.25) is 0 Å². The van der Waals surface area contributed by atoms with Crippen molar-refractivity contribution >= 4 is 46.5 Å². The van der Waals surface area contributed by atoms with Gasteiger partial charge in [0.1, 0.15) is 5.37 Å². The molecule has 3 rings (SSSR count). The highest BCUT2D eigenvalue weighted by atomic mass is 35.5. The zero-order chi connectivity index (χ0) is 14.8. The number of thioether (sulfide) groups is 1. The van der Waals surface area contributed by atoms with Gasteiger partial charge in [-0.25, -0.2) is 5.01 Å². The third-order valence-electron chi connectivity index (χ3n) is 2.98. The fourth-order valence-electron chi connectivity index (χ4n) is 1.96. The first-order chi connectivity index (χ1) is 10.1. The quantitative estimate of drug-likeness (QED) is 0.934. The van der Waals surface area contributed by atoms with E-state index in [4.69, 9.17) is 11.6 Å². The normalized spacial score (nSPS) is 18.0. The van der Waals surface area contributed by atoms with Gasteiger partial charge in [0.15, 0.2) is 0 Å². The molecule has 2 aromatic rings. The van der Waals surface area contributed by atoms with E-state index < -0.39 is 0 Å². The number of hydrogen-bond donors (Lipinski definition) is 1. The van der Waals surface area contributed by atoms with E-state index in [-0.39, 0.29) is 17.2 Å². The number of rotatable bonds is 3. The van der Waals surface area contributed by atoms with E-state index in [1.54, 1.807) is 35.6 Å². The lowest BCUT2D eigenvalue weighted by Gasteiger charge is -2.23. The summed E-state index contributed by atoms with van der Waals surface area (Å²) in [5.41, 5.74) is 3.16. The van der Waals surface area contributed by atoms with Crippen LogP contribution in [0.3, 0.4) is 0 Å². The van der Waals surface area contributed by atoms with Crippen molar-refractivity contribution in [3.63, 3.8) is 0 Å². The summed E-state index contributed by atoms with van der Waals surface area (Å²) in [6.07, 6.45) is 0. The van der Waals surface area contributed by atoms with Gasteiger partial charge in [-0.2, -0.15) is 0 Å². The van der Waals surface area contributed by atoms with Crippen molar-refractivity contribution in [2.24, 2.45) is 0 Å². The van der Waals surface area contributed by atoms with E-state index in [2.05, 4.69) is 5.43 Å². The van der Waals surface area contributed by atoms with Gasteiger partial charge >= 0.3 is 0 Å². The molecule has 2 heterocycles. The second-order valence-electron chi connectivity index (χ2n) is 4.39. The van der Waals surface area contributed by atoms with Gasteiger partial charge in [-0.1, -0.05) is 17.7 Å². The fraction of sp³-hybridized carbons (Fsp3) is 0.143. The molecule has 0 bridgehead atoms. The van der Waals surface area contributed by atoms with Crippen LogP contribution >= 0.6 is 34.7 Å². The third kappa shape index (κ3) is 3.07. The Balaban J connectivity index is 1.77. The zero-order valence-electron chi connectivity index (χ0n) is 10.8. The van der Waals surface area contributed by atoms with Gasteiger partial charge in [0.05, 0.1) is 5.75 Å². The first kappa shape index (κ1) is 14.4. The van der Waals surface area contributed by atoms with Crippen molar-refractivity contribution in [2.75, 3.05) is 5.75 Å². The van der Waals surface area contributed by atoms with E-state index in [1.165, 1.54) is 16.8 Å². The van der Waals surface area contributed by atoms with Crippen molar-refractivity contribution in [1.29, 1.82) is 0 Å². The predicted octanol–water partition coefficient (Wildman–Crippen LogP) is 3.32. The van der Waals surface area contributed by atoms with E-state index in [0.717, 1.165) is 4.88 Å². The Morgan fingerprint density at radius 2 is 2.05 bits per heavy atom. The van der Waals surface area contributed by atoms with Gasteiger partial charge in [0.25, 0.3) is 11.8 Å². The van der Waals surface area contributed by atoms with Crippen molar-refractivity contribution in [2.45, 2.75) is 5.37 Å². The van der Waals surface area contributed by atoms with Crippen LogP contribution in [0.4, 0.5) is 0 Å². The van der Waals surface area contributed by atoms with Crippen LogP contribution in [0.15, 0.2) is 41.8 Å². The molecule has 108 valence electrons. The molecule has 21 heavy (non-hydrogen) atoms. The minimum atomic E-state index is -0.316. The minimum Gasteiger partial charge on any atom is -0.272 e. The zero-order valence-corrected chi connectivity index (χ0v) is 13.2. The summed E-state index contributed by atoms with van der Waals surface area (Å²) in [6, 6.07) is 10.4. The Morgan fingerprint density at radius 1 is 1.29 bits per heavy atom. The Labute approximate surface area is 135 Å². The first-order valence-corrected chi connectivity index (χ1v) is 8.49. The Kier molecular flexibility index (Phi) is 4.19. The molecule has 1 fully saturated rings. The van der Waals surface area contributed by atoms with E-state index >= 15 is 0 Å². The molecule has 0 radical (unpaired) electrons. The monoisotopic (exact) mass is 338 g/mol. The number of carbonyl (C=O) groups is 2. The molecule has 1 aliphatic rings. The molecular formula is C14H11ClN2O2S2. The van der Waals surface area contributed by atoms with Crippen LogP contribution < -0.4 is 5.43 Å². The average molecular weight is 339 g/mol. The molecular weight excluding hydrogens is 328 g/mol. The number of amides is 2. The van der Waals surface area contributed by atoms with E-state index in [9.17, 15) is 9.59 Å². The summed E-state index contributed by atoms with van der Waals surface area (Å²) in [5, 5.41) is 3.77. The summed E-state index contributed by atoms with van der Waals surface area (Å²) >= 11 is 8.88. The molecule has 0 aliphatic carbocycles. The van der Waals surface area contributed by atoms with Crippen LogP contribution in [-0.4, -0.2) is 22.6 Å². The summed E-state index contributed by atoms with van der Waals surface area (Å²) in [5.74, 6) is -0.0477. The van der Waals surface area contributed by atoms with Crippen molar-refractivity contribution in [3.05, 3.63) is 57.2 Å². The number of thiophene rings is 1. The van der Waals surface area contributed by atoms with Crippen LogP contribution in [0.2, 0.25) is 5.02 Å². The third-order valence-corrected chi connectivity index (χ3v) is 5.50. The van der Waals surface area contributed by atoms with Gasteiger partial charge < -0.3 is 0 Å². The summed E-state index contributed by atoms with van der Waals surface area (Å²) in [6.45, 7) is 0. The Bertz CT molecular complexity index is 658. The van der Waals surface area contributed by atoms with Crippen LogP contribution in [0.1, 0.15) is 20.6 Å². The van der Waals surface area contributed by atoms with Crippen molar-refractivity contribution < 1.29 is 9.59 Å². The first-order valence-electron chi connectivity index (χ1n) is 6.19. The molecule has 1 unspecified atom stereocenters. The largest absolute Gasteiger partial charge is 0.272 e. The van der Waals surface area contributed by atoms with Crippen molar-refractivity contribution in [3.8, 4) is 0 Å². The van der Waals surface area contributed by atoms with E-state index in [0.29, 0.717) is 16.3 Å². The van der Waals surface area contributed by atoms with Crippen molar-refractivity contribution in [1.82, 2.24) is 10.4 Å². The predicted molar refractivity (Wildman–Crippen MR) is 85.3 cm³/mol. The van der Waals surface area contributed by atoms with Gasteiger partial charge in [-0.05, 0) is 35.7 Å². The molecule has 1 N–H and O–H groups in total. The fourth-order valence-corrected chi connectivity index (χ4v) is 4.15. The second kappa shape index (κ2) is 6.09. The van der Waals surface area contributed by atoms with Crippen LogP contribution in [0, 0.1) is 0 Å². The smallest absolute Gasteiger partial charge is 0.269 e. The molecule has 1 saturated heterocycles. The number of halogens is 1. The number of hydrazine groups is 1.